The third kappa shape index (κ3) is 3.73. The number of benzene rings is 2. The first-order valence-electron chi connectivity index (χ1n) is 10.1. The van der Waals surface area contributed by atoms with Crippen molar-refractivity contribution in [2.24, 2.45) is 0 Å². The maximum absolute atomic E-state index is 14.0. The number of hydrogen-bond acceptors (Lipinski definition) is 5. The van der Waals surface area contributed by atoms with Gasteiger partial charge in [-0.25, -0.2) is 23.5 Å². The van der Waals surface area contributed by atoms with E-state index in [1.54, 1.807) is 44.2 Å². The van der Waals surface area contributed by atoms with Crippen LogP contribution in [0, 0.1) is 5.82 Å². The number of aromatic nitrogens is 4. The average molecular weight is 436 g/mol. The van der Waals surface area contributed by atoms with Gasteiger partial charge in [-0.3, -0.25) is 9.36 Å². The molecule has 0 fully saturated rings. The molecule has 0 saturated heterocycles. The van der Waals surface area contributed by atoms with Crippen molar-refractivity contribution >= 4 is 17.1 Å². The van der Waals surface area contributed by atoms with Crippen molar-refractivity contribution in [3.8, 4) is 5.69 Å². The fourth-order valence-corrected chi connectivity index (χ4v) is 3.57. The molecule has 0 spiro atoms. The highest BCUT2D eigenvalue weighted by molar-refractivity contribution is 5.79. The second-order valence-electron chi connectivity index (χ2n) is 7.23. The highest BCUT2D eigenvalue weighted by Crippen LogP contribution is 2.18. The summed E-state index contributed by atoms with van der Waals surface area (Å²) in [5, 5.41) is 0. The lowest BCUT2D eigenvalue weighted by atomic mass is 10.2. The summed E-state index contributed by atoms with van der Waals surface area (Å²) in [4.78, 5) is 43.4. The van der Waals surface area contributed by atoms with Crippen LogP contribution in [-0.2, 0) is 16.1 Å². The number of ether oxygens (including phenoxy) is 1. The van der Waals surface area contributed by atoms with Gasteiger partial charge in [0.2, 0.25) is 0 Å². The van der Waals surface area contributed by atoms with E-state index >= 15 is 0 Å². The van der Waals surface area contributed by atoms with Crippen molar-refractivity contribution in [1.82, 2.24) is 18.7 Å². The molecule has 8 nitrogen and oxygen atoms in total. The molecule has 2 aromatic carbocycles. The molecule has 1 atom stereocenters. The predicted octanol–water partition coefficient (Wildman–Crippen LogP) is 2.66. The Morgan fingerprint density at radius 2 is 1.88 bits per heavy atom. The first kappa shape index (κ1) is 21.2. The van der Waals surface area contributed by atoms with E-state index in [1.807, 2.05) is 6.07 Å². The van der Waals surface area contributed by atoms with E-state index in [1.165, 1.54) is 33.7 Å². The minimum atomic E-state index is -0.851. The van der Waals surface area contributed by atoms with Gasteiger partial charge in [-0.1, -0.05) is 36.4 Å². The quantitative estimate of drug-likeness (QED) is 0.434. The van der Waals surface area contributed by atoms with E-state index in [9.17, 15) is 18.8 Å². The van der Waals surface area contributed by atoms with E-state index in [0.717, 1.165) is 10.1 Å². The molecule has 0 unspecified atom stereocenters. The number of fused-ring (bicyclic) bond motifs is 1. The third-order valence-corrected chi connectivity index (χ3v) is 5.15. The van der Waals surface area contributed by atoms with Crippen LogP contribution < -0.4 is 11.2 Å². The fraction of sp³-hybridized carbons (Fsp3) is 0.217. The van der Waals surface area contributed by atoms with Crippen molar-refractivity contribution in [3.05, 3.63) is 93.1 Å². The van der Waals surface area contributed by atoms with Crippen LogP contribution >= 0.6 is 0 Å². The zero-order chi connectivity index (χ0) is 22.8. The molecule has 0 amide bonds. The van der Waals surface area contributed by atoms with Gasteiger partial charge >= 0.3 is 11.7 Å². The van der Waals surface area contributed by atoms with E-state index < -0.39 is 29.1 Å². The standard InChI is InChI=1S/C23H21FN4O4/c1-3-32-22(30)15(2)27-14-25-20-19(27)21(29)26(13-16-8-5-4-6-9-16)23(31)28(20)18-11-7-10-17(24)12-18/h4-12,14-15H,3,13H2,1-2H3/t15-/m1/s1. The van der Waals surface area contributed by atoms with Gasteiger partial charge in [0.05, 0.1) is 25.2 Å². The molecule has 0 aliphatic rings. The molecule has 4 aromatic rings. The fourth-order valence-electron chi connectivity index (χ4n) is 3.57. The van der Waals surface area contributed by atoms with Gasteiger partial charge in [-0.05, 0) is 37.6 Å². The average Bonchev–Trinajstić information content (AvgIpc) is 3.22. The Kier molecular flexibility index (Phi) is 5.72. The molecule has 32 heavy (non-hydrogen) atoms. The molecular formula is C23H21FN4O4. The highest BCUT2D eigenvalue weighted by atomic mass is 19.1. The molecular weight excluding hydrogens is 415 g/mol. The summed E-state index contributed by atoms with van der Waals surface area (Å²) < 4.78 is 22.7. The molecule has 2 heterocycles. The predicted molar refractivity (Wildman–Crippen MR) is 116 cm³/mol. The lowest BCUT2D eigenvalue weighted by Gasteiger charge is -2.15. The summed E-state index contributed by atoms with van der Waals surface area (Å²) in [7, 11) is 0. The molecule has 164 valence electrons. The van der Waals surface area contributed by atoms with Crippen molar-refractivity contribution in [2.75, 3.05) is 6.61 Å². The Morgan fingerprint density at radius 1 is 1.12 bits per heavy atom. The van der Waals surface area contributed by atoms with E-state index in [2.05, 4.69) is 4.98 Å². The van der Waals surface area contributed by atoms with E-state index in [-0.39, 0.29) is 30.0 Å². The van der Waals surface area contributed by atoms with Crippen molar-refractivity contribution in [1.29, 1.82) is 0 Å². The Bertz CT molecular complexity index is 1410. The van der Waals surface area contributed by atoms with Crippen LogP contribution in [0.4, 0.5) is 4.39 Å². The molecule has 2 aromatic heterocycles. The summed E-state index contributed by atoms with van der Waals surface area (Å²) in [5.74, 6) is -1.08. The molecule has 0 bridgehead atoms. The van der Waals surface area contributed by atoms with Crippen LogP contribution in [0.25, 0.3) is 16.9 Å². The number of carbonyl (C=O) groups excluding carboxylic acids is 1. The zero-order valence-corrected chi connectivity index (χ0v) is 17.6. The Morgan fingerprint density at radius 3 is 2.56 bits per heavy atom. The van der Waals surface area contributed by atoms with Crippen LogP contribution in [0.3, 0.4) is 0 Å². The summed E-state index contributed by atoms with van der Waals surface area (Å²) in [6.07, 6.45) is 1.32. The van der Waals surface area contributed by atoms with Crippen LogP contribution in [0.15, 0.2) is 70.5 Å². The number of rotatable bonds is 6. The Hall–Kier alpha value is -4.01. The SMILES string of the molecule is CCOC(=O)[C@@H](C)n1cnc2c1c(=O)n(Cc1ccccc1)c(=O)n2-c1cccc(F)c1. The number of carbonyl (C=O) groups is 1. The Balaban J connectivity index is 2.02. The van der Waals surface area contributed by atoms with Gasteiger partial charge in [-0.15, -0.1) is 0 Å². The first-order chi connectivity index (χ1) is 15.4. The number of hydrogen-bond donors (Lipinski definition) is 0. The van der Waals surface area contributed by atoms with Crippen LogP contribution in [0.1, 0.15) is 25.5 Å². The third-order valence-electron chi connectivity index (χ3n) is 5.15. The van der Waals surface area contributed by atoms with E-state index in [0.29, 0.717) is 0 Å². The summed E-state index contributed by atoms with van der Waals surface area (Å²) in [6.45, 7) is 3.45. The maximum Gasteiger partial charge on any atom is 0.337 e. The van der Waals surface area contributed by atoms with Gasteiger partial charge < -0.3 is 9.30 Å². The lowest BCUT2D eigenvalue weighted by molar-refractivity contribution is -0.146. The van der Waals surface area contributed by atoms with Crippen LogP contribution in [0.2, 0.25) is 0 Å². The second-order valence-corrected chi connectivity index (χ2v) is 7.23. The number of imidazole rings is 1. The lowest BCUT2D eigenvalue weighted by Crippen LogP contribution is -2.40. The van der Waals surface area contributed by atoms with Gasteiger partial charge in [-0.2, -0.15) is 0 Å². The molecule has 0 aliphatic carbocycles. The summed E-state index contributed by atoms with van der Waals surface area (Å²) in [5.41, 5.74) is -0.227. The molecule has 0 radical (unpaired) electrons. The largest absolute Gasteiger partial charge is 0.464 e. The number of nitrogens with zero attached hydrogens (tertiary/aromatic N) is 4. The minimum absolute atomic E-state index is 0.00271. The zero-order valence-electron chi connectivity index (χ0n) is 17.6. The van der Waals surface area contributed by atoms with Gasteiger partial charge in [0.25, 0.3) is 5.56 Å². The number of esters is 1. The molecule has 0 aliphatic heterocycles. The number of halogens is 1. The van der Waals surface area contributed by atoms with Gasteiger partial charge in [0.15, 0.2) is 11.2 Å². The summed E-state index contributed by atoms with van der Waals surface area (Å²) >= 11 is 0. The monoisotopic (exact) mass is 436 g/mol. The minimum Gasteiger partial charge on any atom is -0.464 e. The van der Waals surface area contributed by atoms with Crippen molar-refractivity contribution in [2.45, 2.75) is 26.4 Å². The second kappa shape index (κ2) is 8.62. The normalized spacial score (nSPS) is 12.1. The summed E-state index contributed by atoms with van der Waals surface area (Å²) in [6, 6.07) is 13.6. The topological polar surface area (TPSA) is 88.1 Å². The molecule has 9 heteroatoms. The van der Waals surface area contributed by atoms with E-state index in [4.69, 9.17) is 4.74 Å². The van der Waals surface area contributed by atoms with Crippen molar-refractivity contribution in [3.63, 3.8) is 0 Å². The van der Waals surface area contributed by atoms with Gasteiger partial charge in [0, 0.05) is 0 Å². The maximum atomic E-state index is 14.0. The first-order valence-corrected chi connectivity index (χ1v) is 10.1. The molecule has 4 rings (SSSR count). The highest BCUT2D eigenvalue weighted by Gasteiger charge is 2.25. The van der Waals surface area contributed by atoms with Gasteiger partial charge in [0.1, 0.15) is 11.9 Å². The molecule has 0 saturated carbocycles. The Labute approximate surface area is 182 Å². The van der Waals surface area contributed by atoms with Crippen molar-refractivity contribution < 1.29 is 13.9 Å². The smallest absolute Gasteiger partial charge is 0.337 e. The van der Waals surface area contributed by atoms with Crippen LogP contribution in [0.5, 0.6) is 0 Å². The molecule has 0 N–H and O–H groups in total. The van der Waals surface area contributed by atoms with Crippen LogP contribution in [-0.4, -0.2) is 31.3 Å².